The molecule has 0 N–H and O–H groups in total. The number of ether oxygens (including phenoxy) is 1. The predicted octanol–water partition coefficient (Wildman–Crippen LogP) is 4.53. The Labute approximate surface area is 138 Å². The van der Waals surface area contributed by atoms with E-state index in [1.807, 2.05) is 0 Å². The van der Waals surface area contributed by atoms with Crippen molar-refractivity contribution in [3.63, 3.8) is 0 Å². The quantitative estimate of drug-likeness (QED) is 0.810. The minimum Gasteiger partial charge on any atom is -0.496 e. The molecule has 1 fully saturated rings. The lowest BCUT2D eigenvalue weighted by molar-refractivity contribution is 0.128. The third-order valence-corrected chi connectivity index (χ3v) is 5.60. The van der Waals surface area contributed by atoms with Gasteiger partial charge in [-0.1, -0.05) is 12.2 Å². The second kappa shape index (κ2) is 5.72. The number of rotatable bonds is 2. The number of nitrogens with zero attached hydrogens (tertiary/aromatic N) is 2. The van der Waals surface area contributed by atoms with Crippen LogP contribution in [0.2, 0.25) is 0 Å². The van der Waals surface area contributed by atoms with Crippen molar-refractivity contribution in [3.05, 3.63) is 35.0 Å². The number of methoxy groups -OCH3 is 1. The summed E-state index contributed by atoms with van der Waals surface area (Å²) in [5.41, 5.74) is 5.58. The molecule has 0 radical (unpaired) electrons. The van der Waals surface area contributed by atoms with Crippen LogP contribution in [0.4, 0.5) is 0 Å². The van der Waals surface area contributed by atoms with Crippen LogP contribution < -0.4 is 4.74 Å². The van der Waals surface area contributed by atoms with E-state index in [0.717, 1.165) is 18.6 Å². The first-order valence-electron chi connectivity index (χ1n) is 8.79. The van der Waals surface area contributed by atoms with E-state index in [4.69, 9.17) is 4.74 Å². The summed E-state index contributed by atoms with van der Waals surface area (Å²) in [6.07, 6.45) is 11.3. The van der Waals surface area contributed by atoms with Gasteiger partial charge in [-0.3, -0.25) is 4.90 Å². The van der Waals surface area contributed by atoms with Crippen molar-refractivity contribution >= 4 is 17.0 Å². The molecule has 23 heavy (non-hydrogen) atoms. The minimum atomic E-state index is 0.479. The van der Waals surface area contributed by atoms with Crippen molar-refractivity contribution in [2.45, 2.75) is 45.2 Å². The highest BCUT2D eigenvalue weighted by Gasteiger charge is 2.28. The van der Waals surface area contributed by atoms with E-state index in [0.29, 0.717) is 6.17 Å². The average Bonchev–Trinajstić information content (AvgIpc) is 2.91. The van der Waals surface area contributed by atoms with Crippen LogP contribution in [-0.4, -0.2) is 30.2 Å². The molecule has 2 aromatic rings. The number of piperidine rings is 1. The Morgan fingerprint density at radius 1 is 1.22 bits per heavy atom. The summed E-state index contributed by atoms with van der Waals surface area (Å²) in [7, 11) is 4.05. The van der Waals surface area contributed by atoms with Crippen molar-refractivity contribution in [2.75, 3.05) is 20.7 Å². The van der Waals surface area contributed by atoms with Gasteiger partial charge in [-0.05, 0) is 64.8 Å². The lowest BCUT2D eigenvalue weighted by Gasteiger charge is -2.36. The highest BCUT2D eigenvalue weighted by molar-refractivity contribution is 5.95. The fourth-order valence-corrected chi connectivity index (χ4v) is 4.43. The third kappa shape index (κ3) is 2.21. The molecule has 2 aliphatic rings. The number of aromatic nitrogens is 1. The van der Waals surface area contributed by atoms with E-state index < -0.39 is 0 Å². The molecule has 2 heterocycles. The first-order valence-corrected chi connectivity index (χ1v) is 8.79. The van der Waals surface area contributed by atoms with Gasteiger partial charge >= 0.3 is 0 Å². The number of allylic oxidation sites excluding steroid dienone is 1. The van der Waals surface area contributed by atoms with Gasteiger partial charge in [-0.15, -0.1) is 0 Å². The standard InChI is InChI=1S/C20H26N2O/c1-14-18(23-3)12-11-16-15-8-4-5-9-17(15)22(20(14)16)19-10-6-7-13-21(19)2/h4,8,11-12,19H,5-7,9-10,13H2,1-3H3. The van der Waals surface area contributed by atoms with E-state index in [9.17, 15) is 0 Å². The molecule has 3 nitrogen and oxygen atoms in total. The van der Waals surface area contributed by atoms with Gasteiger partial charge in [0, 0.05) is 22.2 Å². The summed E-state index contributed by atoms with van der Waals surface area (Å²) in [5, 5.41) is 1.38. The number of hydrogen-bond acceptors (Lipinski definition) is 2. The van der Waals surface area contributed by atoms with Crippen molar-refractivity contribution in [1.29, 1.82) is 0 Å². The first kappa shape index (κ1) is 14.8. The SMILES string of the molecule is COc1ccc2c3c(n(C4CCCCN4C)c2c1C)CCC=C3. The van der Waals surface area contributed by atoms with Crippen LogP contribution in [0.25, 0.3) is 17.0 Å². The van der Waals surface area contributed by atoms with Crippen molar-refractivity contribution in [2.24, 2.45) is 0 Å². The van der Waals surface area contributed by atoms with Crippen LogP contribution in [0, 0.1) is 6.92 Å². The van der Waals surface area contributed by atoms with Crippen molar-refractivity contribution in [1.82, 2.24) is 9.47 Å². The zero-order valence-electron chi connectivity index (χ0n) is 14.4. The number of aryl methyl sites for hydroxylation is 1. The smallest absolute Gasteiger partial charge is 0.123 e. The van der Waals surface area contributed by atoms with E-state index in [1.165, 1.54) is 53.5 Å². The Morgan fingerprint density at radius 2 is 2.09 bits per heavy atom. The largest absolute Gasteiger partial charge is 0.496 e. The maximum Gasteiger partial charge on any atom is 0.123 e. The molecule has 3 heteroatoms. The number of likely N-dealkylation sites (tertiary alicyclic amines) is 1. The molecule has 0 bridgehead atoms. The Bertz CT molecular complexity index is 772. The minimum absolute atomic E-state index is 0.479. The van der Waals surface area contributed by atoms with Crippen LogP contribution >= 0.6 is 0 Å². The summed E-state index contributed by atoms with van der Waals surface area (Å²) >= 11 is 0. The second-order valence-corrected chi connectivity index (χ2v) is 6.92. The molecule has 1 aromatic heterocycles. The summed E-state index contributed by atoms with van der Waals surface area (Å²) < 4.78 is 8.24. The van der Waals surface area contributed by atoms with E-state index in [-0.39, 0.29) is 0 Å². The highest BCUT2D eigenvalue weighted by Crippen LogP contribution is 2.40. The fourth-order valence-electron chi connectivity index (χ4n) is 4.43. The average molecular weight is 310 g/mol. The molecule has 1 unspecified atom stereocenters. The highest BCUT2D eigenvalue weighted by atomic mass is 16.5. The van der Waals surface area contributed by atoms with Crippen molar-refractivity contribution < 1.29 is 4.74 Å². The molecule has 4 rings (SSSR count). The van der Waals surface area contributed by atoms with Gasteiger partial charge in [0.05, 0.1) is 18.8 Å². The van der Waals surface area contributed by atoms with Gasteiger partial charge < -0.3 is 9.30 Å². The topological polar surface area (TPSA) is 17.4 Å². The van der Waals surface area contributed by atoms with Crippen LogP contribution in [0.15, 0.2) is 18.2 Å². The maximum atomic E-state index is 5.61. The summed E-state index contributed by atoms with van der Waals surface area (Å²) in [6, 6.07) is 4.37. The third-order valence-electron chi connectivity index (χ3n) is 5.60. The van der Waals surface area contributed by atoms with Gasteiger partial charge in [0.1, 0.15) is 5.75 Å². The molecular formula is C20H26N2O. The van der Waals surface area contributed by atoms with E-state index >= 15 is 0 Å². The Balaban J connectivity index is 2.02. The predicted molar refractivity (Wildman–Crippen MR) is 96.1 cm³/mol. The zero-order valence-corrected chi connectivity index (χ0v) is 14.4. The summed E-state index contributed by atoms with van der Waals surface area (Å²) in [6.45, 7) is 3.40. The van der Waals surface area contributed by atoms with Crippen LogP contribution in [0.5, 0.6) is 5.75 Å². The molecule has 1 aliphatic carbocycles. The maximum absolute atomic E-state index is 5.61. The van der Waals surface area contributed by atoms with Crippen LogP contribution in [0.3, 0.4) is 0 Å². The molecule has 1 aliphatic heterocycles. The molecular weight excluding hydrogens is 284 g/mol. The molecule has 122 valence electrons. The van der Waals surface area contributed by atoms with Gasteiger partial charge in [0.15, 0.2) is 0 Å². The zero-order chi connectivity index (χ0) is 16.0. The van der Waals surface area contributed by atoms with Crippen LogP contribution in [-0.2, 0) is 6.42 Å². The van der Waals surface area contributed by atoms with Gasteiger partial charge in [-0.2, -0.15) is 0 Å². The fraction of sp³-hybridized carbons (Fsp3) is 0.500. The Morgan fingerprint density at radius 3 is 2.87 bits per heavy atom. The van der Waals surface area contributed by atoms with E-state index in [1.54, 1.807) is 7.11 Å². The van der Waals surface area contributed by atoms with Gasteiger partial charge in [-0.25, -0.2) is 0 Å². The van der Waals surface area contributed by atoms with Crippen LogP contribution in [0.1, 0.15) is 48.7 Å². The number of benzene rings is 1. The van der Waals surface area contributed by atoms with Gasteiger partial charge in [0.25, 0.3) is 0 Å². The lowest BCUT2D eigenvalue weighted by atomic mass is 10.0. The summed E-state index contributed by atoms with van der Waals surface area (Å²) in [5.74, 6) is 0.996. The van der Waals surface area contributed by atoms with Crippen molar-refractivity contribution in [3.8, 4) is 5.75 Å². The molecule has 1 atom stereocenters. The second-order valence-electron chi connectivity index (χ2n) is 6.92. The normalized spacial score (nSPS) is 21.6. The van der Waals surface area contributed by atoms with Gasteiger partial charge in [0.2, 0.25) is 0 Å². The molecule has 0 saturated carbocycles. The summed E-state index contributed by atoms with van der Waals surface area (Å²) in [4.78, 5) is 2.53. The molecule has 1 saturated heterocycles. The number of fused-ring (bicyclic) bond motifs is 3. The van der Waals surface area contributed by atoms with E-state index in [2.05, 4.69) is 47.7 Å². The Hall–Kier alpha value is -1.74. The lowest BCUT2D eigenvalue weighted by Crippen LogP contribution is -2.34. The number of hydrogen-bond donors (Lipinski definition) is 0. The molecule has 1 aromatic carbocycles. The monoisotopic (exact) mass is 310 g/mol. The molecule has 0 spiro atoms. The Kier molecular flexibility index (Phi) is 3.68. The molecule has 0 amide bonds. The first-order chi connectivity index (χ1) is 11.2.